The number of halogens is 1. The molecule has 0 saturated heterocycles. The molecule has 1 heterocycles. The number of rotatable bonds is 6. The molecule has 1 aliphatic rings. The van der Waals surface area contributed by atoms with Crippen molar-refractivity contribution in [1.29, 1.82) is 0 Å². The van der Waals surface area contributed by atoms with E-state index in [0.29, 0.717) is 22.5 Å². The van der Waals surface area contributed by atoms with E-state index in [9.17, 15) is 0 Å². The number of benzene rings is 7. The Labute approximate surface area is 296 Å². The van der Waals surface area contributed by atoms with Crippen LogP contribution in [0, 0.1) is 0 Å². The SMILES string of the molecule is Clc1cc(-c2nc(-c3ccccc3)nc(-c3ccccc3)n2)cc(-c2cccc3c2-c2ccccc2C3(c2ccccc2)c2ccccc2)c1. The molecular weight excluding hydrogens is 630 g/mol. The Balaban J connectivity index is 1.28. The fraction of sp³-hybridized carbons (Fsp3) is 0.0217. The minimum absolute atomic E-state index is 0.491. The van der Waals surface area contributed by atoms with Crippen LogP contribution in [0.4, 0.5) is 0 Å². The summed E-state index contributed by atoms with van der Waals surface area (Å²) in [4.78, 5) is 14.9. The first-order valence-electron chi connectivity index (χ1n) is 16.7. The van der Waals surface area contributed by atoms with Crippen molar-refractivity contribution < 1.29 is 0 Å². The summed E-state index contributed by atoms with van der Waals surface area (Å²) in [6, 6.07) is 63.4. The average molecular weight is 660 g/mol. The van der Waals surface area contributed by atoms with Gasteiger partial charge in [0.15, 0.2) is 17.5 Å². The van der Waals surface area contributed by atoms with Gasteiger partial charge in [0.1, 0.15) is 0 Å². The van der Waals surface area contributed by atoms with Crippen molar-refractivity contribution in [1.82, 2.24) is 15.0 Å². The van der Waals surface area contributed by atoms with Gasteiger partial charge in [0.2, 0.25) is 0 Å². The maximum atomic E-state index is 6.99. The molecular formula is C46H30ClN3. The van der Waals surface area contributed by atoms with E-state index in [0.717, 1.165) is 27.8 Å². The number of nitrogens with zero attached hydrogens (tertiary/aromatic N) is 3. The smallest absolute Gasteiger partial charge is 0.164 e. The van der Waals surface area contributed by atoms with Crippen molar-refractivity contribution in [2.75, 3.05) is 0 Å². The molecule has 7 aromatic carbocycles. The normalized spacial score (nSPS) is 12.7. The third-order valence-electron chi connectivity index (χ3n) is 9.65. The van der Waals surface area contributed by atoms with E-state index in [1.54, 1.807) is 0 Å². The Kier molecular flexibility index (Phi) is 7.41. The average Bonchev–Trinajstić information content (AvgIpc) is 3.50. The van der Waals surface area contributed by atoms with Crippen molar-refractivity contribution >= 4 is 11.6 Å². The zero-order valence-corrected chi connectivity index (χ0v) is 27.8. The van der Waals surface area contributed by atoms with Gasteiger partial charge in [0.25, 0.3) is 0 Å². The van der Waals surface area contributed by atoms with E-state index in [1.807, 2.05) is 72.8 Å². The van der Waals surface area contributed by atoms with Gasteiger partial charge >= 0.3 is 0 Å². The van der Waals surface area contributed by atoms with Crippen LogP contribution in [0.25, 0.3) is 56.4 Å². The molecule has 0 spiro atoms. The zero-order chi connectivity index (χ0) is 33.5. The molecule has 0 atom stereocenters. The lowest BCUT2D eigenvalue weighted by Gasteiger charge is -2.34. The van der Waals surface area contributed by atoms with Crippen LogP contribution >= 0.6 is 11.6 Å². The molecule has 4 heteroatoms. The second kappa shape index (κ2) is 12.4. The second-order valence-electron chi connectivity index (χ2n) is 12.5. The standard InChI is InChI=1S/C46H30ClN3/c47-37-29-33(28-34(30-37)45-49-43(31-16-5-1-6-17-31)48-44(50-45)32-18-7-2-8-19-32)38-25-15-27-41-42(38)39-24-13-14-26-40(39)46(41,35-20-9-3-10-21-35)36-22-11-4-12-23-36/h1-30H. The maximum absolute atomic E-state index is 6.99. The van der Waals surface area contributed by atoms with Crippen LogP contribution in [-0.2, 0) is 5.41 Å². The van der Waals surface area contributed by atoms with E-state index >= 15 is 0 Å². The molecule has 0 bridgehead atoms. The first-order valence-corrected chi connectivity index (χ1v) is 17.1. The first kappa shape index (κ1) is 29.9. The monoisotopic (exact) mass is 659 g/mol. The molecule has 8 aromatic rings. The predicted octanol–water partition coefficient (Wildman–Crippen LogP) is 11.6. The van der Waals surface area contributed by atoms with Gasteiger partial charge in [-0.2, -0.15) is 0 Å². The van der Waals surface area contributed by atoms with Crippen LogP contribution in [0.2, 0.25) is 5.02 Å². The van der Waals surface area contributed by atoms with E-state index < -0.39 is 5.41 Å². The van der Waals surface area contributed by atoms with Gasteiger partial charge in [-0.05, 0) is 62.7 Å². The molecule has 0 radical (unpaired) electrons. The zero-order valence-electron chi connectivity index (χ0n) is 27.0. The number of fused-ring (bicyclic) bond motifs is 3. The lowest BCUT2D eigenvalue weighted by atomic mass is 9.67. The summed E-state index contributed by atoms with van der Waals surface area (Å²) in [6.07, 6.45) is 0. The molecule has 0 unspecified atom stereocenters. The van der Waals surface area contributed by atoms with Crippen molar-refractivity contribution in [3.05, 3.63) is 209 Å². The molecule has 236 valence electrons. The number of hydrogen-bond acceptors (Lipinski definition) is 3. The molecule has 9 rings (SSSR count). The Hall–Kier alpha value is -6.16. The molecule has 50 heavy (non-hydrogen) atoms. The molecule has 1 aromatic heterocycles. The topological polar surface area (TPSA) is 38.7 Å². The van der Waals surface area contributed by atoms with Crippen LogP contribution < -0.4 is 0 Å². The summed E-state index contributed by atoms with van der Waals surface area (Å²) < 4.78 is 0. The number of hydrogen-bond donors (Lipinski definition) is 0. The Morgan fingerprint density at radius 3 is 1.38 bits per heavy atom. The predicted molar refractivity (Wildman–Crippen MR) is 204 cm³/mol. The number of aromatic nitrogens is 3. The lowest BCUT2D eigenvalue weighted by Crippen LogP contribution is -2.28. The lowest BCUT2D eigenvalue weighted by molar-refractivity contribution is 0.768. The van der Waals surface area contributed by atoms with Gasteiger partial charge in [-0.3, -0.25) is 0 Å². The summed E-state index contributed by atoms with van der Waals surface area (Å²) in [5, 5.41) is 0.613. The van der Waals surface area contributed by atoms with Crippen molar-refractivity contribution in [2.24, 2.45) is 0 Å². The third-order valence-corrected chi connectivity index (χ3v) is 9.87. The summed E-state index contributed by atoms with van der Waals surface area (Å²) in [6.45, 7) is 0. The summed E-state index contributed by atoms with van der Waals surface area (Å²) in [5.74, 6) is 1.79. The minimum atomic E-state index is -0.491. The van der Waals surface area contributed by atoms with Crippen LogP contribution in [0.5, 0.6) is 0 Å². The molecule has 0 N–H and O–H groups in total. The van der Waals surface area contributed by atoms with Crippen LogP contribution in [0.15, 0.2) is 182 Å². The van der Waals surface area contributed by atoms with E-state index in [4.69, 9.17) is 26.6 Å². The Morgan fingerprint density at radius 2 is 0.800 bits per heavy atom. The van der Waals surface area contributed by atoms with Gasteiger partial charge in [-0.1, -0.05) is 175 Å². The van der Waals surface area contributed by atoms with Gasteiger partial charge in [0.05, 0.1) is 5.41 Å². The van der Waals surface area contributed by atoms with Gasteiger partial charge in [-0.25, -0.2) is 15.0 Å². The summed E-state index contributed by atoms with van der Waals surface area (Å²) in [7, 11) is 0. The highest BCUT2D eigenvalue weighted by molar-refractivity contribution is 6.31. The fourth-order valence-corrected chi connectivity index (χ4v) is 7.78. The van der Waals surface area contributed by atoms with Crippen LogP contribution in [0.3, 0.4) is 0 Å². The van der Waals surface area contributed by atoms with Crippen molar-refractivity contribution in [3.63, 3.8) is 0 Å². The van der Waals surface area contributed by atoms with E-state index in [-0.39, 0.29) is 0 Å². The van der Waals surface area contributed by atoms with Gasteiger partial charge < -0.3 is 0 Å². The van der Waals surface area contributed by atoms with E-state index in [1.165, 1.54) is 33.4 Å². The minimum Gasteiger partial charge on any atom is -0.208 e. The van der Waals surface area contributed by atoms with Gasteiger partial charge in [-0.15, -0.1) is 0 Å². The maximum Gasteiger partial charge on any atom is 0.164 e. The summed E-state index contributed by atoms with van der Waals surface area (Å²) in [5.41, 5.74) is 11.7. The summed E-state index contributed by atoms with van der Waals surface area (Å²) >= 11 is 6.99. The first-order chi connectivity index (χ1) is 24.7. The molecule has 0 amide bonds. The third kappa shape index (κ3) is 4.94. The van der Waals surface area contributed by atoms with Crippen LogP contribution in [0.1, 0.15) is 22.3 Å². The van der Waals surface area contributed by atoms with Crippen LogP contribution in [-0.4, -0.2) is 15.0 Å². The van der Waals surface area contributed by atoms with E-state index in [2.05, 4.69) is 109 Å². The molecule has 3 nitrogen and oxygen atoms in total. The highest BCUT2D eigenvalue weighted by Gasteiger charge is 2.46. The highest BCUT2D eigenvalue weighted by atomic mass is 35.5. The Bertz CT molecular complexity index is 2380. The molecule has 0 aliphatic heterocycles. The van der Waals surface area contributed by atoms with Gasteiger partial charge in [0, 0.05) is 21.7 Å². The largest absolute Gasteiger partial charge is 0.208 e. The Morgan fingerprint density at radius 1 is 0.360 bits per heavy atom. The molecule has 0 saturated carbocycles. The van der Waals surface area contributed by atoms with Crippen molar-refractivity contribution in [2.45, 2.75) is 5.41 Å². The molecule has 1 aliphatic carbocycles. The van der Waals surface area contributed by atoms with Crippen molar-refractivity contribution in [3.8, 4) is 56.4 Å². The fourth-order valence-electron chi connectivity index (χ4n) is 7.55. The second-order valence-corrected chi connectivity index (χ2v) is 13.0. The highest BCUT2D eigenvalue weighted by Crippen LogP contribution is 2.58. The molecule has 0 fully saturated rings. The quantitative estimate of drug-likeness (QED) is 0.178.